The summed E-state index contributed by atoms with van der Waals surface area (Å²) >= 11 is 0. The van der Waals surface area contributed by atoms with Gasteiger partial charge in [0.05, 0.1) is 17.1 Å². The van der Waals surface area contributed by atoms with Crippen LogP contribution in [0.3, 0.4) is 0 Å². The minimum Gasteiger partial charge on any atom is -0.462 e. The monoisotopic (exact) mass is 417 g/mol. The number of anilines is 1. The van der Waals surface area contributed by atoms with Gasteiger partial charge < -0.3 is 19.4 Å². The minimum absolute atomic E-state index is 0.0553. The highest BCUT2D eigenvalue weighted by Gasteiger charge is 2.20. The molecule has 1 aromatic heterocycles. The third kappa shape index (κ3) is 5.22. The number of carbonyl (C=O) groups is 3. The number of nitrogens with zero attached hydrogens (tertiary/aromatic N) is 2. The number of para-hydroxylation sites is 1. The molecule has 2 rings (SSSR count). The predicted molar refractivity (Wildman–Crippen MR) is 107 cm³/mol. The summed E-state index contributed by atoms with van der Waals surface area (Å²) in [6.45, 7) is 6.16. The first-order valence-electron chi connectivity index (χ1n) is 9.19. The van der Waals surface area contributed by atoms with Crippen molar-refractivity contribution in [1.82, 2.24) is 4.57 Å². The largest absolute Gasteiger partial charge is 0.462 e. The highest BCUT2D eigenvalue weighted by Crippen LogP contribution is 2.27. The van der Waals surface area contributed by atoms with Crippen LogP contribution in [0.2, 0.25) is 0 Å². The molecule has 160 valence electrons. The molecule has 0 saturated heterocycles. The number of benzene rings is 1. The lowest BCUT2D eigenvalue weighted by molar-refractivity contribution is -0.384. The molecule has 10 heteroatoms. The molecule has 1 N–H and O–H groups in total. The Balaban J connectivity index is 2.00. The van der Waals surface area contributed by atoms with E-state index < -0.39 is 29.4 Å². The van der Waals surface area contributed by atoms with Gasteiger partial charge in [0.1, 0.15) is 12.2 Å². The van der Waals surface area contributed by atoms with Gasteiger partial charge in [-0.15, -0.1) is 0 Å². The van der Waals surface area contributed by atoms with Gasteiger partial charge in [0.25, 0.3) is 11.6 Å². The van der Waals surface area contributed by atoms with Crippen LogP contribution in [0.5, 0.6) is 0 Å². The second kappa shape index (κ2) is 9.68. The van der Waals surface area contributed by atoms with Crippen molar-refractivity contribution in [1.29, 1.82) is 0 Å². The van der Waals surface area contributed by atoms with E-state index in [0.29, 0.717) is 22.5 Å². The number of esters is 2. The molecule has 1 aromatic carbocycles. The van der Waals surface area contributed by atoms with E-state index in [1.54, 1.807) is 44.4 Å². The fourth-order valence-electron chi connectivity index (χ4n) is 2.92. The summed E-state index contributed by atoms with van der Waals surface area (Å²) in [7, 11) is 0. The topological polar surface area (TPSA) is 130 Å². The molecule has 0 aliphatic heterocycles. The summed E-state index contributed by atoms with van der Waals surface area (Å²) in [4.78, 5) is 46.8. The van der Waals surface area contributed by atoms with Gasteiger partial charge in [0.15, 0.2) is 6.61 Å². The Hall–Kier alpha value is -3.69. The minimum atomic E-state index is -0.700. The van der Waals surface area contributed by atoms with Crippen molar-refractivity contribution in [3.05, 3.63) is 56.9 Å². The SMILES string of the molecule is CCOC(=O)c1cc(C)n(CC(=O)OCC(=O)Nc2c(C)cccc2[N+](=O)[O-])c1C. The van der Waals surface area contributed by atoms with Crippen LogP contribution in [-0.2, 0) is 25.6 Å². The van der Waals surface area contributed by atoms with Gasteiger partial charge in [-0.05, 0) is 39.3 Å². The van der Waals surface area contributed by atoms with Gasteiger partial charge in [0.2, 0.25) is 0 Å². The van der Waals surface area contributed by atoms with E-state index in [-0.39, 0.29) is 24.5 Å². The summed E-state index contributed by atoms with van der Waals surface area (Å²) in [6, 6.07) is 6.01. The van der Waals surface area contributed by atoms with Crippen molar-refractivity contribution in [2.24, 2.45) is 0 Å². The van der Waals surface area contributed by atoms with Crippen molar-refractivity contribution in [2.45, 2.75) is 34.2 Å². The Labute approximate surface area is 172 Å². The second-order valence-corrected chi connectivity index (χ2v) is 6.53. The second-order valence-electron chi connectivity index (χ2n) is 6.53. The molecule has 0 fully saturated rings. The molecule has 2 aromatic rings. The Morgan fingerprint density at radius 3 is 2.50 bits per heavy atom. The maximum atomic E-state index is 12.2. The Morgan fingerprint density at radius 1 is 1.17 bits per heavy atom. The summed E-state index contributed by atoms with van der Waals surface area (Å²) in [5, 5.41) is 13.5. The third-order valence-electron chi connectivity index (χ3n) is 4.43. The van der Waals surface area contributed by atoms with E-state index in [0.717, 1.165) is 0 Å². The number of hydrogen-bond donors (Lipinski definition) is 1. The molecule has 1 heterocycles. The van der Waals surface area contributed by atoms with Crippen molar-refractivity contribution in [3.63, 3.8) is 0 Å². The van der Waals surface area contributed by atoms with Gasteiger partial charge in [-0.25, -0.2) is 4.79 Å². The summed E-state index contributed by atoms with van der Waals surface area (Å²) in [5.41, 5.74) is 1.87. The van der Waals surface area contributed by atoms with Gasteiger partial charge in [-0.1, -0.05) is 12.1 Å². The number of aryl methyl sites for hydroxylation is 2. The Morgan fingerprint density at radius 2 is 1.87 bits per heavy atom. The molecule has 0 spiro atoms. The molecule has 0 aliphatic carbocycles. The first-order chi connectivity index (χ1) is 14.1. The number of carbonyl (C=O) groups excluding carboxylic acids is 3. The molecule has 10 nitrogen and oxygen atoms in total. The Kier molecular flexibility index (Phi) is 7.29. The number of aromatic nitrogens is 1. The molecule has 1 amide bonds. The fourth-order valence-corrected chi connectivity index (χ4v) is 2.92. The summed E-state index contributed by atoms with van der Waals surface area (Å²) in [6.07, 6.45) is 0. The van der Waals surface area contributed by atoms with Gasteiger partial charge in [0, 0.05) is 17.5 Å². The molecule has 0 aliphatic rings. The van der Waals surface area contributed by atoms with Crippen molar-refractivity contribution >= 4 is 29.2 Å². The number of nitrogens with one attached hydrogen (secondary N) is 1. The maximum Gasteiger partial charge on any atom is 0.339 e. The number of hydrogen-bond acceptors (Lipinski definition) is 7. The van der Waals surface area contributed by atoms with Crippen LogP contribution < -0.4 is 5.32 Å². The molecular formula is C20H23N3O7. The lowest BCUT2D eigenvalue weighted by atomic mass is 10.1. The first-order valence-corrected chi connectivity index (χ1v) is 9.19. The van der Waals surface area contributed by atoms with Gasteiger partial charge in [-0.2, -0.15) is 0 Å². The highest BCUT2D eigenvalue weighted by molar-refractivity contribution is 5.95. The maximum absolute atomic E-state index is 12.2. The zero-order chi connectivity index (χ0) is 22.4. The third-order valence-corrected chi connectivity index (χ3v) is 4.43. The van der Waals surface area contributed by atoms with E-state index in [1.807, 2.05) is 0 Å². The molecule has 0 atom stereocenters. The van der Waals surface area contributed by atoms with E-state index in [4.69, 9.17) is 9.47 Å². The average molecular weight is 417 g/mol. The molecule has 0 bridgehead atoms. The van der Waals surface area contributed by atoms with E-state index in [2.05, 4.69) is 5.32 Å². The van der Waals surface area contributed by atoms with Crippen LogP contribution in [0.15, 0.2) is 24.3 Å². The lowest BCUT2D eigenvalue weighted by Crippen LogP contribution is -2.24. The molecule has 0 saturated carbocycles. The Bertz CT molecular complexity index is 995. The summed E-state index contributed by atoms with van der Waals surface area (Å²) < 4.78 is 11.6. The predicted octanol–water partition coefficient (Wildman–Crippen LogP) is 2.68. The van der Waals surface area contributed by atoms with Crippen LogP contribution in [0.4, 0.5) is 11.4 Å². The van der Waals surface area contributed by atoms with Crippen LogP contribution in [0, 0.1) is 30.9 Å². The number of nitro groups is 1. The highest BCUT2D eigenvalue weighted by atomic mass is 16.6. The van der Waals surface area contributed by atoms with Crippen LogP contribution in [-0.4, -0.2) is 40.5 Å². The zero-order valence-electron chi connectivity index (χ0n) is 17.2. The first kappa shape index (κ1) is 22.6. The van der Waals surface area contributed by atoms with Crippen LogP contribution in [0.1, 0.15) is 34.2 Å². The molecular weight excluding hydrogens is 394 g/mol. The van der Waals surface area contributed by atoms with E-state index in [1.165, 1.54) is 12.1 Å². The fraction of sp³-hybridized carbons (Fsp3) is 0.350. The van der Waals surface area contributed by atoms with Crippen molar-refractivity contribution in [3.8, 4) is 0 Å². The van der Waals surface area contributed by atoms with E-state index >= 15 is 0 Å². The summed E-state index contributed by atoms with van der Waals surface area (Å²) in [5.74, 6) is -1.88. The van der Waals surface area contributed by atoms with Crippen LogP contribution in [0.25, 0.3) is 0 Å². The smallest absolute Gasteiger partial charge is 0.339 e. The quantitative estimate of drug-likeness (QED) is 0.397. The lowest BCUT2D eigenvalue weighted by Gasteiger charge is -2.11. The van der Waals surface area contributed by atoms with Crippen molar-refractivity contribution in [2.75, 3.05) is 18.5 Å². The number of amides is 1. The van der Waals surface area contributed by atoms with Gasteiger partial charge in [-0.3, -0.25) is 19.7 Å². The average Bonchev–Trinajstić information content (AvgIpc) is 2.96. The molecule has 0 unspecified atom stereocenters. The van der Waals surface area contributed by atoms with Crippen molar-refractivity contribution < 1.29 is 28.8 Å². The number of ether oxygens (including phenoxy) is 2. The normalized spacial score (nSPS) is 10.4. The molecule has 30 heavy (non-hydrogen) atoms. The standard InChI is InChI=1S/C20H23N3O7/c1-5-29-20(26)15-9-13(3)22(14(15)4)10-18(25)30-11-17(24)21-19-12(2)7-6-8-16(19)23(27)28/h6-9H,5,10-11H2,1-4H3,(H,21,24). The van der Waals surface area contributed by atoms with E-state index in [9.17, 15) is 24.5 Å². The van der Waals surface area contributed by atoms with Crippen LogP contribution >= 0.6 is 0 Å². The number of rotatable bonds is 8. The number of nitro benzene ring substituents is 1. The van der Waals surface area contributed by atoms with Gasteiger partial charge >= 0.3 is 11.9 Å². The zero-order valence-corrected chi connectivity index (χ0v) is 17.2. The molecule has 0 radical (unpaired) electrons.